The third-order valence-corrected chi connectivity index (χ3v) is 11.3. The Balaban J connectivity index is 1.17. The highest BCUT2D eigenvalue weighted by Crippen LogP contribution is 2.44. The average Bonchev–Trinajstić information content (AvgIpc) is 3.80. The summed E-state index contributed by atoms with van der Waals surface area (Å²) in [7, 11) is 0. The molecule has 268 valence electrons. The number of rotatable bonds is 7. The summed E-state index contributed by atoms with van der Waals surface area (Å²) in [5.41, 5.74) is 15.0. The molecule has 0 atom stereocenters. The largest absolute Gasteiger partial charge is 0.310 e. The van der Waals surface area contributed by atoms with Gasteiger partial charge in [0.25, 0.3) is 0 Å². The molecule has 0 unspecified atom stereocenters. The van der Waals surface area contributed by atoms with E-state index in [-0.39, 0.29) is 0 Å². The molecule has 11 aromatic rings. The predicted octanol–water partition coefficient (Wildman–Crippen LogP) is 14.7. The Morgan fingerprint density at radius 1 is 0.281 bits per heavy atom. The van der Waals surface area contributed by atoms with Crippen molar-refractivity contribution in [3.63, 3.8) is 0 Å². The van der Waals surface area contributed by atoms with Crippen LogP contribution in [0.15, 0.2) is 224 Å². The van der Waals surface area contributed by atoms with Gasteiger partial charge in [0.15, 0.2) is 0 Å². The van der Waals surface area contributed by atoms with Crippen molar-refractivity contribution in [3.8, 4) is 33.6 Å². The molecule has 0 amide bonds. The van der Waals surface area contributed by atoms with Gasteiger partial charge in [0.1, 0.15) is 0 Å². The van der Waals surface area contributed by atoms with E-state index in [1.807, 2.05) is 0 Å². The molecule has 0 spiro atoms. The summed E-state index contributed by atoms with van der Waals surface area (Å²) in [5.74, 6) is 0. The Morgan fingerprint density at radius 3 is 1.51 bits per heavy atom. The van der Waals surface area contributed by atoms with Crippen LogP contribution in [-0.2, 0) is 0 Å². The van der Waals surface area contributed by atoms with Crippen LogP contribution in [0.3, 0.4) is 0 Å². The van der Waals surface area contributed by atoms with Crippen LogP contribution in [0.5, 0.6) is 0 Å². The van der Waals surface area contributed by atoms with E-state index in [9.17, 15) is 0 Å². The fourth-order valence-electron chi connectivity index (χ4n) is 8.78. The van der Waals surface area contributed by atoms with Crippen LogP contribution >= 0.6 is 0 Å². The maximum atomic E-state index is 2.42. The van der Waals surface area contributed by atoms with Crippen LogP contribution in [0, 0.1) is 0 Å². The van der Waals surface area contributed by atoms with Crippen molar-refractivity contribution in [2.45, 2.75) is 0 Å². The van der Waals surface area contributed by atoms with Gasteiger partial charge in [-0.05, 0) is 95.1 Å². The highest BCUT2D eigenvalue weighted by molar-refractivity contribution is 6.16. The first-order valence-corrected chi connectivity index (χ1v) is 19.5. The quantitative estimate of drug-likeness (QED) is 0.159. The third-order valence-electron chi connectivity index (χ3n) is 11.3. The van der Waals surface area contributed by atoms with Crippen molar-refractivity contribution in [2.24, 2.45) is 0 Å². The fourth-order valence-corrected chi connectivity index (χ4v) is 8.78. The molecule has 0 aliphatic heterocycles. The summed E-state index contributed by atoms with van der Waals surface area (Å²) in [4.78, 5) is 2.41. The van der Waals surface area contributed by atoms with Gasteiger partial charge in [0, 0.05) is 50.0 Å². The normalized spacial score (nSPS) is 11.5. The zero-order valence-electron chi connectivity index (χ0n) is 31.2. The monoisotopic (exact) mass is 727 g/mol. The molecule has 0 radical (unpaired) electrons. The van der Waals surface area contributed by atoms with Gasteiger partial charge in [-0.2, -0.15) is 0 Å². The Morgan fingerprint density at radius 2 is 0.789 bits per heavy atom. The summed E-state index contributed by atoms with van der Waals surface area (Å²) in [5, 5.41) is 4.97. The van der Waals surface area contributed by atoms with Gasteiger partial charge in [0.2, 0.25) is 0 Å². The number of anilines is 3. The van der Waals surface area contributed by atoms with Gasteiger partial charge in [-0.1, -0.05) is 152 Å². The fraction of sp³-hybridized carbons (Fsp3) is 0. The average molecular weight is 728 g/mol. The molecule has 0 aliphatic carbocycles. The Labute approximate surface area is 331 Å². The van der Waals surface area contributed by atoms with Crippen molar-refractivity contribution in [3.05, 3.63) is 224 Å². The van der Waals surface area contributed by atoms with E-state index in [0.717, 1.165) is 34.0 Å². The standard InChI is InChI=1S/C54H37N3/c1-4-17-38(18-5-1)40-21-14-24-42(35-40)55(43-25-15-26-44(36-43)57-50-30-12-10-27-47(50)48-28-11-13-31-51(48)57)45-33-34-49-53(37-45)56(41-22-8-3-9-23-41)52-32-16-29-46(54(49)52)39-19-6-2-7-20-39/h1-37H. The SMILES string of the molecule is c1ccc(-c2cccc(N(c3cccc(-n4c5ccccc5c5ccccc54)c3)c3ccc4c5c(-c6ccccc6)cccc5n(-c5ccccc5)c4c3)c2)cc1. The van der Waals surface area contributed by atoms with Gasteiger partial charge in [-0.25, -0.2) is 0 Å². The van der Waals surface area contributed by atoms with Gasteiger partial charge >= 0.3 is 0 Å². The lowest BCUT2D eigenvalue weighted by Crippen LogP contribution is -2.11. The van der Waals surface area contributed by atoms with Crippen molar-refractivity contribution in [1.82, 2.24) is 9.13 Å². The predicted molar refractivity (Wildman–Crippen MR) is 241 cm³/mol. The summed E-state index contributed by atoms with van der Waals surface area (Å²) in [6.07, 6.45) is 0. The van der Waals surface area contributed by atoms with Crippen LogP contribution in [-0.4, -0.2) is 9.13 Å². The van der Waals surface area contributed by atoms with Gasteiger partial charge in [0.05, 0.1) is 22.1 Å². The summed E-state index contributed by atoms with van der Waals surface area (Å²) >= 11 is 0. The topological polar surface area (TPSA) is 13.1 Å². The molecular formula is C54H37N3. The van der Waals surface area contributed by atoms with Crippen molar-refractivity contribution < 1.29 is 0 Å². The van der Waals surface area contributed by atoms with Crippen LogP contribution in [0.2, 0.25) is 0 Å². The summed E-state index contributed by atoms with van der Waals surface area (Å²) in [6.45, 7) is 0. The lowest BCUT2D eigenvalue weighted by Gasteiger charge is -2.27. The Bertz CT molecular complexity index is 3180. The molecule has 0 saturated carbocycles. The first-order chi connectivity index (χ1) is 28.3. The maximum Gasteiger partial charge on any atom is 0.0562 e. The second-order valence-electron chi connectivity index (χ2n) is 14.6. The molecule has 0 aliphatic rings. The molecule has 3 nitrogen and oxygen atoms in total. The van der Waals surface area contributed by atoms with Gasteiger partial charge < -0.3 is 14.0 Å². The molecule has 9 aromatic carbocycles. The van der Waals surface area contributed by atoms with Crippen molar-refractivity contribution in [1.29, 1.82) is 0 Å². The van der Waals surface area contributed by atoms with Gasteiger partial charge in [-0.3, -0.25) is 0 Å². The molecular weight excluding hydrogens is 691 g/mol. The lowest BCUT2D eigenvalue weighted by molar-refractivity contribution is 1.16. The van der Waals surface area contributed by atoms with Crippen molar-refractivity contribution in [2.75, 3.05) is 4.90 Å². The number of para-hydroxylation sites is 3. The maximum absolute atomic E-state index is 2.42. The lowest BCUT2D eigenvalue weighted by atomic mass is 9.99. The van der Waals surface area contributed by atoms with Crippen molar-refractivity contribution >= 4 is 60.7 Å². The number of fused-ring (bicyclic) bond motifs is 6. The van der Waals surface area contributed by atoms with E-state index < -0.39 is 0 Å². The molecule has 3 heteroatoms. The second kappa shape index (κ2) is 13.6. The smallest absolute Gasteiger partial charge is 0.0562 e. The molecule has 57 heavy (non-hydrogen) atoms. The molecule has 0 N–H and O–H groups in total. The number of hydrogen-bond acceptors (Lipinski definition) is 1. The van der Waals surface area contributed by atoms with E-state index in [2.05, 4.69) is 238 Å². The van der Waals surface area contributed by atoms with E-state index in [1.165, 1.54) is 60.3 Å². The molecule has 11 rings (SSSR count). The number of hydrogen-bond donors (Lipinski definition) is 0. The molecule has 0 bridgehead atoms. The van der Waals surface area contributed by atoms with Crippen LogP contribution in [0.4, 0.5) is 17.1 Å². The summed E-state index contributed by atoms with van der Waals surface area (Å²) in [6, 6.07) is 81.1. The molecule has 2 aromatic heterocycles. The number of benzene rings is 9. The minimum absolute atomic E-state index is 1.08. The van der Waals surface area contributed by atoms with Crippen LogP contribution < -0.4 is 4.90 Å². The molecule has 0 fully saturated rings. The van der Waals surface area contributed by atoms with Gasteiger partial charge in [-0.15, -0.1) is 0 Å². The highest BCUT2D eigenvalue weighted by atomic mass is 15.1. The number of aromatic nitrogens is 2. The van der Waals surface area contributed by atoms with Crippen LogP contribution in [0.1, 0.15) is 0 Å². The third kappa shape index (κ3) is 5.51. The Kier molecular flexibility index (Phi) is 7.82. The first-order valence-electron chi connectivity index (χ1n) is 19.5. The molecule has 2 heterocycles. The second-order valence-corrected chi connectivity index (χ2v) is 14.6. The van der Waals surface area contributed by atoms with E-state index in [0.29, 0.717) is 0 Å². The Hall–Kier alpha value is -7.62. The zero-order chi connectivity index (χ0) is 37.7. The van der Waals surface area contributed by atoms with Crippen LogP contribution in [0.25, 0.3) is 77.2 Å². The van der Waals surface area contributed by atoms with E-state index in [1.54, 1.807) is 0 Å². The minimum atomic E-state index is 1.08. The highest BCUT2D eigenvalue weighted by Gasteiger charge is 2.21. The zero-order valence-corrected chi connectivity index (χ0v) is 31.2. The minimum Gasteiger partial charge on any atom is -0.310 e. The molecule has 0 saturated heterocycles. The summed E-state index contributed by atoms with van der Waals surface area (Å²) < 4.78 is 4.82. The van der Waals surface area contributed by atoms with E-state index >= 15 is 0 Å². The number of nitrogens with zero attached hydrogens (tertiary/aromatic N) is 3. The van der Waals surface area contributed by atoms with E-state index in [4.69, 9.17) is 0 Å². The first kappa shape index (κ1) is 32.8.